The highest BCUT2D eigenvalue weighted by molar-refractivity contribution is 5.95. The van der Waals surface area contributed by atoms with E-state index in [-0.39, 0.29) is 12.3 Å². The number of hydrogen-bond acceptors (Lipinski definition) is 8. The fourth-order valence-corrected chi connectivity index (χ4v) is 6.07. The molecular formula is C37H44N6O5. The number of nitrogens with one attached hydrogen (secondary N) is 1. The number of nitrogens with zero attached hydrogens (tertiary/aromatic N) is 5. The van der Waals surface area contributed by atoms with Crippen LogP contribution in [0.1, 0.15) is 64.3 Å². The summed E-state index contributed by atoms with van der Waals surface area (Å²) in [5.41, 5.74) is 6.84. The van der Waals surface area contributed by atoms with Crippen molar-refractivity contribution in [3.63, 3.8) is 0 Å². The number of fused-ring (bicyclic) bond motifs is 1. The Balaban J connectivity index is 1.40. The first-order valence-electron chi connectivity index (χ1n) is 16.4. The Morgan fingerprint density at radius 3 is 2.54 bits per heavy atom. The zero-order valence-electron chi connectivity index (χ0n) is 28.8. The molecule has 5 aromatic rings. The smallest absolute Gasteiger partial charge is 0.410 e. The first-order valence-corrected chi connectivity index (χ1v) is 16.4. The third-order valence-corrected chi connectivity index (χ3v) is 8.65. The van der Waals surface area contributed by atoms with Crippen LogP contribution in [0.5, 0.6) is 11.5 Å². The molecule has 11 heteroatoms. The number of aromatic nitrogens is 5. The molecule has 0 spiro atoms. The van der Waals surface area contributed by atoms with Gasteiger partial charge in [-0.2, -0.15) is 5.10 Å². The van der Waals surface area contributed by atoms with E-state index in [1.165, 1.54) is 0 Å². The zero-order chi connectivity index (χ0) is 34.0. The van der Waals surface area contributed by atoms with Crippen LogP contribution >= 0.6 is 0 Å². The molecule has 1 amide bonds. The van der Waals surface area contributed by atoms with Gasteiger partial charge in [-0.3, -0.25) is 4.98 Å². The van der Waals surface area contributed by atoms with E-state index < -0.39 is 5.60 Å². The third-order valence-electron chi connectivity index (χ3n) is 8.65. The number of benzene rings is 2. The molecule has 48 heavy (non-hydrogen) atoms. The molecule has 1 fully saturated rings. The van der Waals surface area contributed by atoms with Gasteiger partial charge in [-0.25, -0.2) is 14.5 Å². The molecule has 0 saturated carbocycles. The van der Waals surface area contributed by atoms with Crippen LogP contribution in [0.3, 0.4) is 0 Å². The van der Waals surface area contributed by atoms with Gasteiger partial charge in [0, 0.05) is 42.1 Å². The predicted octanol–water partition coefficient (Wildman–Crippen LogP) is 7.94. The van der Waals surface area contributed by atoms with Gasteiger partial charge in [0.25, 0.3) is 0 Å². The molecule has 1 atom stereocenters. The van der Waals surface area contributed by atoms with E-state index in [1.54, 1.807) is 19.1 Å². The number of carbonyl (C=O) groups is 1. The lowest BCUT2D eigenvalue weighted by Crippen LogP contribution is -2.36. The molecule has 11 nitrogen and oxygen atoms in total. The SMILES string of the molecule is CCN(Cc1cncc(-c2ccc3c(c2)c(-c2ncc(-c4ccc(OC)c(OC)c4)[nH]2)nn3C2CCCCO2)c1C)C(=O)OC(C)(C)C. The van der Waals surface area contributed by atoms with Crippen LogP contribution < -0.4 is 9.47 Å². The van der Waals surface area contributed by atoms with E-state index >= 15 is 0 Å². The van der Waals surface area contributed by atoms with Crippen molar-refractivity contribution in [3.05, 3.63) is 66.1 Å². The molecule has 1 saturated heterocycles. The number of pyridine rings is 1. The Hall–Kier alpha value is -4.90. The molecule has 6 rings (SSSR count). The van der Waals surface area contributed by atoms with Crippen molar-refractivity contribution in [3.8, 4) is 45.4 Å². The summed E-state index contributed by atoms with van der Waals surface area (Å²) >= 11 is 0. The van der Waals surface area contributed by atoms with E-state index in [1.807, 2.05) is 69.2 Å². The number of rotatable bonds is 9. The van der Waals surface area contributed by atoms with Crippen LogP contribution in [-0.2, 0) is 16.0 Å². The molecule has 0 bridgehead atoms. The summed E-state index contributed by atoms with van der Waals surface area (Å²) < 4.78 is 24.8. The van der Waals surface area contributed by atoms with Crippen molar-refractivity contribution in [2.75, 3.05) is 27.4 Å². The van der Waals surface area contributed by atoms with Crippen molar-refractivity contribution >= 4 is 17.0 Å². The highest BCUT2D eigenvalue weighted by Gasteiger charge is 2.25. The summed E-state index contributed by atoms with van der Waals surface area (Å²) in [7, 11) is 3.24. The van der Waals surface area contributed by atoms with Crippen molar-refractivity contribution in [2.45, 2.75) is 72.3 Å². The minimum Gasteiger partial charge on any atom is -0.493 e. The lowest BCUT2D eigenvalue weighted by atomic mass is 9.97. The minimum absolute atomic E-state index is 0.152. The van der Waals surface area contributed by atoms with Gasteiger partial charge in [0.1, 0.15) is 11.3 Å². The van der Waals surface area contributed by atoms with Gasteiger partial charge in [0.15, 0.2) is 23.6 Å². The third kappa shape index (κ3) is 6.73. The molecule has 1 aliphatic heterocycles. The highest BCUT2D eigenvalue weighted by atomic mass is 16.6. The van der Waals surface area contributed by atoms with Crippen molar-refractivity contribution in [2.24, 2.45) is 0 Å². The summed E-state index contributed by atoms with van der Waals surface area (Å²) in [5.74, 6) is 1.95. The fraction of sp³-hybridized carbons (Fsp3) is 0.405. The quantitative estimate of drug-likeness (QED) is 0.171. The molecule has 1 unspecified atom stereocenters. The van der Waals surface area contributed by atoms with Gasteiger partial charge in [0.05, 0.1) is 38.2 Å². The molecular weight excluding hydrogens is 608 g/mol. The Labute approximate surface area is 281 Å². The minimum atomic E-state index is -0.573. The second-order valence-corrected chi connectivity index (χ2v) is 13.0. The Morgan fingerprint density at radius 1 is 1.04 bits per heavy atom. The summed E-state index contributed by atoms with van der Waals surface area (Å²) in [4.78, 5) is 27.5. The molecule has 0 aliphatic carbocycles. The van der Waals surface area contributed by atoms with Crippen LogP contribution in [0.2, 0.25) is 0 Å². The second-order valence-electron chi connectivity index (χ2n) is 13.0. The van der Waals surface area contributed by atoms with E-state index in [4.69, 9.17) is 29.0 Å². The van der Waals surface area contributed by atoms with Gasteiger partial charge < -0.3 is 28.8 Å². The number of aromatic amines is 1. The average Bonchev–Trinajstić information content (AvgIpc) is 3.72. The number of imidazole rings is 1. The van der Waals surface area contributed by atoms with Crippen LogP contribution in [0.15, 0.2) is 55.0 Å². The summed E-state index contributed by atoms with van der Waals surface area (Å²) in [5, 5.41) is 6.05. The molecule has 0 radical (unpaired) electrons. The highest BCUT2D eigenvalue weighted by Crippen LogP contribution is 2.37. The van der Waals surface area contributed by atoms with Crippen LogP contribution in [0.4, 0.5) is 4.79 Å². The fourth-order valence-electron chi connectivity index (χ4n) is 6.07. The molecule has 4 heterocycles. The zero-order valence-corrected chi connectivity index (χ0v) is 28.8. The number of H-pyrrole nitrogens is 1. The Bertz CT molecular complexity index is 1920. The number of methoxy groups -OCH3 is 2. The van der Waals surface area contributed by atoms with Gasteiger partial charge >= 0.3 is 6.09 Å². The topological polar surface area (TPSA) is 117 Å². The Kier molecular flexibility index (Phi) is 9.41. The number of carbonyl (C=O) groups excluding carboxylic acids is 1. The van der Waals surface area contributed by atoms with Crippen LogP contribution in [0.25, 0.3) is 44.8 Å². The van der Waals surface area contributed by atoms with Gasteiger partial charge in [-0.15, -0.1) is 0 Å². The first kappa shape index (κ1) is 33.0. The van der Waals surface area contributed by atoms with Gasteiger partial charge in [0.2, 0.25) is 0 Å². The van der Waals surface area contributed by atoms with Crippen molar-refractivity contribution < 1.29 is 23.7 Å². The molecule has 1 aliphatic rings. The molecule has 1 N–H and O–H groups in total. The largest absolute Gasteiger partial charge is 0.493 e. The lowest BCUT2D eigenvalue weighted by molar-refractivity contribution is -0.0365. The molecule has 2 aromatic carbocycles. The van der Waals surface area contributed by atoms with E-state index in [2.05, 4.69) is 35.1 Å². The molecule has 252 valence electrons. The number of amides is 1. The van der Waals surface area contributed by atoms with E-state index in [0.717, 1.165) is 69.4 Å². The van der Waals surface area contributed by atoms with Crippen molar-refractivity contribution in [1.29, 1.82) is 0 Å². The number of hydrogen-bond donors (Lipinski definition) is 1. The maximum atomic E-state index is 12.9. The second kappa shape index (κ2) is 13.7. The summed E-state index contributed by atoms with van der Waals surface area (Å²) in [6, 6.07) is 12.1. The monoisotopic (exact) mass is 652 g/mol. The first-order chi connectivity index (χ1) is 23.1. The van der Waals surface area contributed by atoms with Gasteiger partial charge in [-0.1, -0.05) is 6.07 Å². The molecule has 3 aromatic heterocycles. The van der Waals surface area contributed by atoms with Crippen molar-refractivity contribution in [1.82, 2.24) is 29.6 Å². The standard InChI is InChI=1S/C37H44N6O5/c1-8-42(36(44)48-37(3,4)5)22-26-19-38-20-28(23(26)2)24-12-14-30-27(17-24)34(41-43(30)33-11-9-10-16-47-33)35-39-21-29(40-35)25-13-15-31(45-6)32(18-25)46-7/h12-15,17-21,33H,8-11,16,22H2,1-7H3,(H,39,40). The maximum Gasteiger partial charge on any atom is 0.410 e. The lowest BCUT2D eigenvalue weighted by Gasteiger charge is -2.27. The Morgan fingerprint density at radius 2 is 1.83 bits per heavy atom. The average molecular weight is 653 g/mol. The maximum absolute atomic E-state index is 12.9. The van der Waals surface area contributed by atoms with E-state index in [9.17, 15) is 4.79 Å². The predicted molar refractivity (Wildman–Crippen MR) is 185 cm³/mol. The van der Waals surface area contributed by atoms with E-state index in [0.29, 0.717) is 37.0 Å². The van der Waals surface area contributed by atoms with Crippen LogP contribution in [0, 0.1) is 6.92 Å². The summed E-state index contributed by atoms with van der Waals surface area (Å²) in [6.45, 7) is 11.3. The number of ether oxygens (including phenoxy) is 4. The normalized spacial score (nSPS) is 15.0. The van der Waals surface area contributed by atoms with Crippen LogP contribution in [-0.4, -0.2) is 68.7 Å². The summed E-state index contributed by atoms with van der Waals surface area (Å²) in [6.07, 6.45) is 8.04. The van der Waals surface area contributed by atoms with Gasteiger partial charge in [-0.05, 0) is 101 Å².